The lowest BCUT2D eigenvalue weighted by Crippen LogP contribution is -2.22. The largest absolute Gasteiger partial charge is 0.397 e. The molecule has 0 bridgehead atoms. The SMILES string of the molecule is Cc1cc(N(C)CCO)c(N)cc1F. The third-order valence-electron chi connectivity index (χ3n) is 2.15. The van der Waals surface area contributed by atoms with Crippen LogP contribution in [0.3, 0.4) is 0 Å². The Balaban J connectivity index is 3.02. The molecule has 0 radical (unpaired) electrons. The number of nitrogen functional groups attached to an aromatic ring is 1. The van der Waals surface area contributed by atoms with E-state index < -0.39 is 0 Å². The molecule has 0 aliphatic carbocycles. The van der Waals surface area contributed by atoms with E-state index in [1.807, 2.05) is 0 Å². The quantitative estimate of drug-likeness (QED) is 0.716. The van der Waals surface area contributed by atoms with Gasteiger partial charge < -0.3 is 15.7 Å². The van der Waals surface area contributed by atoms with Gasteiger partial charge >= 0.3 is 0 Å². The number of aliphatic hydroxyl groups excluding tert-OH is 1. The van der Waals surface area contributed by atoms with Gasteiger partial charge in [0.2, 0.25) is 0 Å². The van der Waals surface area contributed by atoms with E-state index in [-0.39, 0.29) is 12.4 Å². The Bertz CT molecular complexity index is 328. The first-order valence-corrected chi connectivity index (χ1v) is 4.44. The molecule has 1 aromatic carbocycles. The van der Waals surface area contributed by atoms with Gasteiger partial charge in [0.05, 0.1) is 18.0 Å². The summed E-state index contributed by atoms with van der Waals surface area (Å²) in [6.07, 6.45) is 0. The molecule has 1 rings (SSSR count). The first-order chi connectivity index (χ1) is 6.56. The number of nitrogens with zero attached hydrogens (tertiary/aromatic N) is 1. The van der Waals surface area contributed by atoms with E-state index in [4.69, 9.17) is 10.8 Å². The van der Waals surface area contributed by atoms with Crippen molar-refractivity contribution in [3.8, 4) is 0 Å². The average molecular weight is 198 g/mol. The molecule has 0 saturated heterocycles. The van der Waals surface area contributed by atoms with E-state index in [9.17, 15) is 4.39 Å². The smallest absolute Gasteiger partial charge is 0.128 e. The van der Waals surface area contributed by atoms with Crippen molar-refractivity contribution < 1.29 is 9.50 Å². The van der Waals surface area contributed by atoms with Gasteiger partial charge in [-0.1, -0.05) is 0 Å². The zero-order valence-corrected chi connectivity index (χ0v) is 8.42. The lowest BCUT2D eigenvalue weighted by atomic mass is 10.1. The van der Waals surface area contributed by atoms with Crippen LogP contribution >= 0.6 is 0 Å². The fourth-order valence-electron chi connectivity index (χ4n) is 1.28. The summed E-state index contributed by atoms with van der Waals surface area (Å²) in [5.41, 5.74) is 7.35. The molecule has 0 saturated carbocycles. The first kappa shape index (κ1) is 10.8. The average Bonchev–Trinajstić information content (AvgIpc) is 2.11. The molecule has 14 heavy (non-hydrogen) atoms. The molecule has 78 valence electrons. The molecular weight excluding hydrogens is 183 g/mol. The van der Waals surface area contributed by atoms with Crippen molar-refractivity contribution in [3.05, 3.63) is 23.5 Å². The van der Waals surface area contributed by atoms with Crippen LogP contribution in [0.1, 0.15) is 5.56 Å². The third-order valence-corrected chi connectivity index (χ3v) is 2.15. The molecule has 0 spiro atoms. The predicted molar refractivity (Wildman–Crippen MR) is 55.9 cm³/mol. The Morgan fingerprint density at radius 1 is 1.50 bits per heavy atom. The van der Waals surface area contributed by atoms with Crippen LogP contribution in [0.5, 0.6) is 0 Å². The Morgan fingerprint density at radius 2 is 2.14 bits per heavy atom. The minimum Gasteiger partial charge on any atom is -0.397 e. The highest BCUT2D eigenvalue weighted by Gasteiger charge is 2.08. The maximum Gasteiger partial charge on any atom is 0.128 e. The predicted octanol–water partition coefficient (Wildman–Crippen LogP) is 1.14. The fraction of sp³-hybridized carbons (Fsp3) is 0.400. The summed E-state index contributed by atoms with van der Waals surface area (Å²) in [5, 5.41) is 8.76. The fourth-order valence-corrected chi connectivity index (χ4v) is 1.28. The summed E-state index contributed by atoms with van der Waals surface area (Å²) >= 11 is 0. The second-order valence-corrected chi connectivity index (χ2v) is 3.31. The van der Waals surface area contributed by atoms with Crippen molar-refractivity contribution in [2.24, 2.45) is 0 Å². The number of anilines is 2. The van der Waals surface area contributed by atoms with Gasteiger partial charge in [0.15, 0.2) is 0 Å². The van der Waals surface area contributed by atoms with Crippen molar-refractivity contribution in [1.82, 2.24) is 0 Å². The molecule has 0 amide bonds. The molecule has 3 nitrogen and oxygen atoms in total. The number of benzene rings is 1. The molecule has 0 heterocycles. The van der Waals surface area contributed by atoms with Crippen LogP contribution in [0.15, 0.2) is 12.1 Å². The highest BCUT2D eigenvalue weighted by Crippen LogP contribution is 2.25. The van der Waals surface area contributed by atoms with Crippen molar-refractivity contribution >= 4 is 11.4 Å². The van der Waals surface area contributed by atoms with Crippen LogP contribution in [-0.2, 0) is 0 Å². The van der Waals surface area contributed by atoms with Crippen LogP contribution in [0, 0.1) is 12.7 Å². The Kier molecular flexibility index (Phi) is 3.30. The lowest BCUT2D eigenvalue weighted by Gasteiger charge is -2.20. The number of likely N-dealkylation sites (N-methyl/N-ethyl adjacent to an activating group) is 1. The zero-order valence-electron chi connectivity index (χ0n) is 8.42. The number of aryl methyl sites for hydroxylation is 1. The second kappa shape index (κ2) is 4.28. The van der Waals surface area contributed by atoms with Gasteiger partial charge in [-0.3, -0.25) is 0 Å². The van der Waals surface area contributed by atoms with Gasteiger partial charge in [-0.25, -0.2) is 4.39 Å². The molecule has 0 fully saturated rings. The molecule has 0 aliphatic rings. The summed E-state index contributed by atoms with van der Waals surface area (Å²) in [7, 11) is 1.80. The standard InChI is InChI=1S/C10H15FN2O/c1-7-5-10(13(2)3-4-14)9(12)6-8(7)11/h5-6,14H,3-4,12H2,1-2H3. The molecule has 0 atom stereocenters. The Hall–Kier alpha value is -1.29. The van der Waals surface area contributed by atoms with E-state index in [2.05, 4.69) is 0 Å². The lowest BCUT2D eigenvalue weighted by molar-refractivity contribution is 0.304. The normalized spacial score (nSPS) is 10.3. The highest BCUT2D eigenvalue weighted by atomic mass is 19.1. The molecular formula is C10H15FN2O. The minimum atomic E-state index is -0.302. The van der Waals surface area contributed by atoms with Crippen molar-refractivity contribution in [1.29, 1.82) is 0 Å². The van der Waals surface area contributed by atoms with Crippen LogP contribution in [0.4, 0.5) is 15.8 Å². The minimum absolute atomic E-state index is 0.0480. The maximum absolute atomic E-state index is 13.1. The van der Waals surface area contributed by atoms with Crippen LogP contribution in [0.2, 0.25) is 0 Å². The van der Waals surface area contributed by atoms with Crippen LogP contribution < -0.4 is 10.6 Å². The molecule has 0 aromatic heterocycles. The van der Waals surface area contributed by atoms with E-state index in [0.29, 0.717) is 17.8 Å². The Morgan fingerprint density at radius 3 is 2.71 bits per heavy atom. The van der Waals surface area contributed by atoms with Gasteiger partial charge in [0, 0.05) is 13.6 Å². The number of halogens is 1. The van der Waals surface area contributed by atoms with Crippen molar-refractivity contribution in [3.63, 3.8) is 0 Å². The third kappa shape index (κ3) is 2.14. The molecule has 3 N–H and O–H groups in total. The highest BCUT2D eigenvalue weighted by molar-refractivity contribution is 5.68. The van der Waals surface area contributed by atoms with Gasteiger partial charge in [0.1, 0.15) is 5.82 Å². The number of nitrogens with two attached hydrogens (primary N) is 1. The molecule has 0 unspecified atom stereocenters. The monoisotopic (exact) mass is 198 g/mol. The maximum atomic E-state index is 13.1. The molecule has 1 aromatic rings. The number of hydrogen-bond acceptors (Lipinski definition) is 3. The Labute approximate surface area is 83.0 Å². The van der Waals surface area contributed by atoms with Gasteiger partial charge in [-0.2, -0.15) is 0 Å². The summed E-state index contributed by atoms with van der Waals surface area (Å²) in [4.78, 5) is 1.79. The van der Waals surface area contributed by atoms with E-state index in [1.54, 1.807) is 24.9 Å². The summed E-state index contributed by atoms with van der Waals surface area (Å²) in [5.74, 6) is -0.302. The van der Waals surface area contributed by atoms with Gasteiger partial charge in [-0.05, 0) is 24.6 Å². The van der Waals surface area contributed by atoms with Gasteiger partial charge in [-0.15, -0.1) is 0 Å². The zero-order chi connectivity index (χ0) is 10.7. The first-order valence-electron chi connectivity index (χ1n) is 4.44. The summed E-state index contributed by atoms with van der Waals surface area (Å²) in [6.45, 7) is 2.21. The van der Waals surface area contributed by atoms with Crippen LogP contribution in [-0.4, -0.2) is 25.3 Å². The van der Waals surface area contributed by atoms with Crippen LogP contribution in [0.25, 0.3) is 0 Å². The van der Waals surface area contributed by atoms with E-state index in [1.165, 1.54) is 6.07 Å². The second-order valence-electron chi connectivity index (χ2n) is 3.31. The van der Waals surface area contributed by atoms with Crippen molar-refractivity contribution in [2.75, 3.05) is 30.8 Å². The molecule has 4 heteroatoms. The van der Waals surface area contributed by atoms with Gasteiger partial charge in [0.25, 0.3) is 0 Å². The summed E-state index contributed by atoms with van der Waals surface area (Å²) in [6, 6.07) is 2.98. The number of rotatable bonds is 3. The number of hydrogen-bond donors (Lipinski definition) is 2. The molecule has 0 aliphatic heterocycles. The number of aliphatic hydroxyl groups is 1. The van der Waals surface area contributed by atoms with E-state index in [0.717, 1.165) is 5.69 Å². The van der Waals surface area contributed by atoms with E-state index >= 15 is 0 Å². The topological polar surface area (TPSA) is 49.5 Å². The summed E-state index contributed by atoms with van der Waals surface area (Å²) < 4.78 is 13.1. The van der Waals surface area contributed by atoms with Crippen molar-refractivity contribution in [2.45, 2.75) is 6.92 Å².